The number of rotatable bonds is 6. The van der Waals surface area contributed by atoms with E-state index in [1.165, 1.54) is 23.7 Å². The molecule has 1 N–H and O–H groups in total. The molecule has 0 saturated heterocycles. The van der Waals surface area contributed by atoms with E-state index < -0.39 is 33.1 Å². The van der Waals surface area contributed by atoms with Gasteiger partial charge < -0.3 is 4.74 Å². The van der Waals surface area contributed by atoms with Gasteiger partial charge >= 0.3 is 6.36 Å². The van der Waals surface area contributed by atoms with Crippen LogP contribution >= 0.6 is 0 Å². The molecular weight excluding hydrogens is 399 g/mol. The summed E-state index contributed by atoms with van der Waals surface area (Å²) in [6.07, 6.45) is -5.03. The Morgan fingerprint density at radius 2 is 1.71 bits per heavy atom. The molecule has 0 aliphatic carbocycles. The first-order chi connectivity index (χ1) is 13.2. The summed E-state index contributed by atoms with van der Waals surface area (Å²) in [5, 5.41) is 11.2. The van der Waals surface area contributed by atoms with Crippen LogP contribution < -0.4 is 9.46 Å². The van der Waals surface area contributed by atoms with Crippen molar-refractivity contribution in [2.45, 2.75) is 24.2 Å². The molecule has 3 rings (SSSR count). The summed E-state index contributed by atoms with van der Waals surface area (Å²) in [6, 6.07) is 12.2. The standard InChI is InChI=1S/C16H14F3N5O3S/c1-11(15-20-22-23-24(15)12-7-3-2-4-8-12)21-28(25,26)14-10-6-5-9-13(14)27-16(17,18)19/h2-11,21H,1H3. The number of aromatic nitrogens is 4. The van der Waals surface area contributed by atoms with E-state index in [4.69, 9.17) is 0 Å². The quantitative estimate of drug-likeness (QED) is 0.667. The summed E-state index contributed by atoms with van der Waals surface area (Å²) in [4.78, 5) is -0.655. The van der Waals surface area contributed by atoms with Crippen LogP contribution in [-0.2, 0) is 10.0 Å². The molecule has 0 radical (unpaired) electrons. The van der Waals surface area contributed by atoms with Crippen LogP contribution in [0.25, 0.3) is 5.69 Å². The first kappa shape index (κ1) is 19.8. The molecule has 1 heterocycles. The van der Waals surface area contributed by atoms with E-state index in [1.54, 1.807) is 30.3 Å². The minimum atomic E-state index is -5.03. The van der Waals surface area contributed by atoms with Crippen molar-refractivity contribution in [2.75, 3.05) is 0 Å². The van der Waals surface area contributed by atoms with Crippen LogP contribution in [0.5, 0.6) is 5.75 Å². The third-order valence-electron chi connectivity index (χ3n) is 3.58. The normalized spacial score (nSPS) is 13.3. The lowest BCUT2D eigenvalue weighted by molar-refractivity contribution is -0.275. The molecule has 3 aromatic rings. The number of para-hydroxylation sites is 2. The maximum absolute atomic E-state index is 12.7. The fourth-order valence-electron chi connectivity index (χ4n) is 2.45. The molecule has 8 nitrogen and oxygen atoms in total. The Kier molecular flexibility index (Phi) is 5.34. The number of tetrazole rings is 1. The summed E-state index contributed by atoms with van der Waals surface area (Å²) in [5.74, 6) is -0.679. The van der Waals surface area contributed by atoms with Crippen molar-refractivity contribution in [3.05, 3.63) is 60.4 Å². The maximum Gasteiger partial charge on any atom is 0.573 e. The van der Waals surface area contributed by atoms with E-state index in [-0.39, 0.29) is 5.82 Å². The van der Waals surface area contributed by atoms with E-state index in [0.717, 1.165) is 12.1 Å². The summed E-state index contributed by atoms with van der Waals surface area (Å²) in [6.45, 7) is 1.47. The number of benzene rings is 2. The number of sulfonamides is 1. The third-order valence-corrected chi connectivity index (χ3v) is 5.16. The Hall–Kier alpha value is -2.99. The molecule has 0 aliphatic heterocycles. The fraction of sp³-hybridized carbons (Fsp3) is 0.188. The molecule has 0 spiro atoms. The monoisotopic (exact) mass is 413 g/mol. The topological polar surface area (TPSA) is 99.0 Å². The van der Waals surface area contributed by atoms with Crippen molar-refractivity contribution < 1.29 is 26.3 Å². The second kappa shape index (κ2) is 7.56. The largest absolute Gasteiger partial charge is 0.573 e. The molecule has 0 amide bonds. The van der Waals surface area contributed by atoms with Gasteiger partial charge in [0.05, 0.1) is 11.7 Å². The summed E-state index contributed by atoms with van der Waals surface area (Å²) in [7, 11) is -4.37. The lowest BCUT2D eigenvalue weighted by Gasteiger charge is -2.17. The van der Waals surface area contributed by atoms with Gasteiger partial charge in [-0.2, -0.15) is 4.68 Å². The molecular formula is C16H14F3N5O3S. The third kappa shape index (κ3) is 4.46. The Morgan fingerprint density at radius 1 is 1.07 bits per heavy atom. The Bertz CT molecular complexity index is 1050. The van der Waals surface area contributed by atoms with E-state index in [1.807, 2.05) is 0 Å². The van der Waals surface area contributed by atoms with Crippen LogP contribution in [-0.4, -0.2) is 35.0 Å². The van der Waals surface area contributed by atoms with Crippen molar-refractivity contribution in [3.63, 3.8) is 0 Å². The number of nitrogens with one attached hydrogen (secondary N) is 1. The second-order valence-corrected chi connectivity index (χ2v) is 7.30. The highest BCUT2D eigenvalue weighted by molar-refractivity contribution is 7.89. The van der Waals surface area contributed by atoms with Gasteiger partial charge in [0.1, 0.15) is 10.6 Å². The molecule has 0 bridgehead atoms. The van der Waals surface area contributed by atoms with Crippen LogP contribution in [0.1, 0.15) is 18.8 Å². The van der Waals surface area contributed by atoms with Gasteiger partial charge in [0.2, 0.25) is 10.0 Å². The second-order valence-electron chi connectivity index (χ2n) is 5.62. The van der Waals surface area contributed by atoms with Crippen LogP contribution in [0, 0.1) is 0 Å². The van der Waals surface area contributed by atoms with Gasteiger partial charge in [-0.15, -0.1) is 18.3 Å². The molecule has 148 valence electrons. The van der Waals surface area contributed by atoms with Crippen molar-refractivity contribution in [2.24, 2.45) is 0 Å². The molecule has 1 aromatic heterocycles. The number of nitrogens with zero attached hydrogens (tertiary/aromatic N) is 4. The Morgan fingerprint density at radius 3 is 2.39 bits per heavy atom. The fourth-order valence-corrected chi connectivity index (χ4v) is 3.78. The van der Waals surface area contributed by atoms with Gasteiger partial charge in [-0.05, 0) is 41.6 Å². The van der Waals surface area contributed by atoms with Crippen molar-refractivity contribution in [1.82, 2.24) is 24.9 Å². The average Bonchev–Trinajstić information content (AvgIpc) is 3.11. The van der Waals surface area contributed by atoms with Crippen LogP contribution in [0.15, 0.2) is 59.5 Å². The van der Waals surface area contributed by atoms with Gasteiger partial charge in [-0.3, -0.25) is 0 Å². The van der Waals surface area contributed by atoms with Gasteiger partial charge in [0.15, 0.2) is 5.82 Å². The van der Waals surface area contributed by atoms with Gasteiger partial charge in [0, 0.05) is 0 Å². The highest BCUT2D eigenvalue weighted by atomic mass is 32.2. The first-order valence-corrected chi connectivity index (χ1v) is 9.36. The van der Waals surface area contributed by atoms with Crippen LogP contribution in [0.4, 0.5) is 13.2 Å². The Labute approximate surface area is 158 Å². The molecule has 0 aliphatic rings. The molecule has 0 fully saturated rings. The smallest absolute Gasteiger partial charge is 0.404 e. The summed E-state index contributed by atoms with van der Waals surface area (Å²) >= 11 is 0. The highest BCUT2D eigenvalue weighted by Crippen LogP contribution is 2.30. The summed E-state index contributed by atoms with van der Waals surface area (Å²) in [5.41, 5.74) is 0.592. The van der Waals surface area contributed by atoms with Crippen molar-refractivity contribution in [1.29, 1.82) is 0 Å². The van der Waals surface area contributed by atoms with E-state index in [2.05, 4.69) is 25.0 Å². The van der Waals surface area contributed by atoms with Gasteiger partial charge in [0.25, 0.3) is 0 Å². The molecule has 0 saturated carbocycles. The Balaban J connectivity index is 1.90. The van der Waals surface area contributed by atoms with Gasteiger partial charge in [-0.25, -0.2) is 13.1 Å². The lowest BCUT2D eigenvalue weighted by Crippen LogP contribution is -2.30. The molecule has 1 unspecified atom stereocenters. The van der Waals surface area contributed by atoms with E-state index in [9.17, 15) is 21.6 Å². The van der Waals surface area contributed by atoms with Crippen LogP contribution in [0.2, 0.25) is 0 Å². The number of ether oxygens (including phenoxy) is 1. The minimum absolute atomic E-state index is 0.156. The SMILES string of the molecule is CC(NS(=O)(=O)c1ccccc1OC(F)(F)F)c1nnnn1-c1ccccc1. The molecule has 28 heavy (non-hydrogen) atoms. The van der Waals surface area contributed by atoms with E-state index >= 15 is 0 Å². The zero-order valence-electron chi connectivity index (χ0n) is 14.3. The number of hydrogen-bond acceptors (Lipinski definition) is 6. The summed E-state index contributed by atoms with van der Waals surface area (Å²) < 4.78 is 70.4. The predicted octanol–water partition coefficient (Wildman–Crippen LogP) is 2.60. The molecule has 2 aromatic carbocycles. The van der Waals surface area contributed by atoms with E-state index in [0.29, 0.717) is 5.69 Å². The first-order valence-electron chi connectivity index (χ1n) is 7.88. The molecule has 12 heteroatoms. The van der Waals surface area contributed by atoms with Crippen molar-refractivity contribution in [3.8, 4) is 11.4 Å². The average molecular weight is 413 g/mol. The predicted molar refractivity (Wildman–Crippen MR) is 91.0 cm³/mol. The maximum atomic E-state index is 12.7. The molecule has 1 atom stereocenters. The van der Waals surface area contributed by atoms with Gasteiger partial charge in [-0.1, -0.05) is 30.3 Å². The number of alkyl halides is 3. The lowest BCUT2D eigenvalue weighted by atomic mass is 10.3. The highest BCUT2D eigenvalue weighted by Gasteiger charge is 2.34. The van der Waals surface area contributed by atoms with Crippen molar-refractivity contribution >= 4 is 10.0 Å². The minimum Gasteiger partial charge on any atom is -0.404 e. The number of hydrogen-bond donors (Lipinski definition) is 1. The number of halogens is 3. The zero-order chi connectivity index (χ0) is 20.4. The zero-order valence-corrected chi connectivity index (χ0v) is 15.1. The van der Waals surface area contributed by atoms with Crippen LogP contribution in [0.3, 0.4) is 0 Å².